The highest BCUT2D eigenvalue weighted by Gasteiger charge is 2.19. The molecular formula is C21H25NO4. The van der Waals surface area contributed by atoms with Crippen molar-refractivity contribution in [2.75, 3.05) is 13.7 Å². The van der Waals surface area contributed by atoms with Gasteiger partial charge in [-0.2, -0.15) is 0 Å². The van der Waals surface area contributed by atoms with E-state index in [0.717, 1.165) is 5.56 Å². The Labute approximate surface area is 154 Å². The summed E-state index contributed by atoms with van der Waals surface area (Å²) in [6.45, 7) is 4.71. The Morgan fingerprint density at radius 2 is 1.77 bits per heavy atom. The molecule has 0 saturated heterocycles. The highest BCUT2D eigenvalue weighted by atomic mass is 16.5. The monoisotopic (exact) mass is 355 g/mol. The Kier molecular flexibility index (Phi) is 7.21. The molecule has 0 radical (unpaired) electrons. The first-order chi connectivity index (χ1) is 12.5. The van der Waals surface area contributed by atoms with Gasteiger partial charge in [-0.15, -0.1) is 0 Å². The Balaban J connectivity index is 2.13. The SMILES string of the molecule is COC(=O)CC(NC(=O)c1cccc(OCC(C)C)c1)c1ccccc1. The van der Waals surface area contributed by atoms with Crippen LogP contribution in [0.15, 0.2) is 54.6 Å². The first kappa shape index (κ1) is 19.5. The van der Waals surface area contributed by atoms with E-state index in [1.165, 1.54) is 7.11 Å². The third-order valence-corrected chi connectivity index (χ3v) is 3.79. The second-order valence-electron chi connectivity index (χ2n) is 6.45. The number of nitrogens with one attached hydrogen (secondary N) is 1. The van der Waals surface area contributed by atoms with E-state index in [0.29, 0.717) is 23.8 Å². The molecule has 2 aromatic rings. The maximum atomic E-state index is 12.7. The zero-order valence-corrected chi connectivity index (χ0v) is 15.4. The van der Waals surface area contributed by atoms with Gasteiger partial charge in [0.15, 0.2) is 0 Å². The molecule has 2 aromatic carbocycles. The Morgan fingerprint density at radius 1 is 1.04 bits per heavy atom. The molecule has 1 N–H and O–H groups in total. The normalized spacial score (nSPS) is 11.7. The second kappa shape index (κ2) is 9.61. The third kappa shape index (κ3) is 5.92. The van der Waals surface area contributed by atoms with Gasteiger partial charge in [-0.1, -0.05) is 50.2 Å². The van der Waals surface area contributed by atoms with Gasteiger partial charge in [-0.05, 0) is 29.7 Å². The maximum absolute atomic E-state index is 12.7. The lowest BCUT2D eigenvalue weighted by Gasteiger charge is -2.18. The van der Waals surface area contributed by atoms with Crippen molar-refractivity contribution >= 4 is 11.9 Å². The fraction of sp³-hybridized carbons (Fsp3) is 0.333. The van der Waals surface area contributed by atoms with E-state index in [-0.39, 0.29) is 18.3 Å². The standard InChI is InChI=1S/C21H25NO4/c1-15(2)14-26-18-11-7-10-17(12-18)21(24)22-19(13-20(23)25-3)16-8-5-4-6-9-16/h4-12,15,19H,13-14H2,1-3H3,(H,22,24). The van der Waals surface area contributed by atoms with Gasteiger partial charge in [0, 0.05) is 5.56 Å². The van der Waals surface area contributed by atoms with E-state index >= 15 is 0 Å². The zero-order chi connectivity index (χ0) is 18.9. The summed E-state index contributed by atoms with van der Waals surface area (Å²) in [6, 6.07) is 15.9. The van der Waals surface area contributed by atoms with Gasteiger partial charge in [0.05, 0.1) is 26.2 Å². The molecule has 138 valence electrons. The van der Waals surface area contributed by atoms with E-state index in [2.05, 4.69) is 19.2 Å². The minimum absolute atomic E-state index is 0.0653. The summed E-state index contributed by atoms with van der Waals surface area (Å²) in [5.74, 6) is 0.400. The number of carbonyl (C=O) groups is 2. The van der Waals surface area contributed by atoms with Crippen LogP contribution in [0.4, 0.5) is 0 Å². The van der Waals surface area contributed by atoms with Crippen molar-refractivity contribution in [3.05, 3.63) is 65.7 Å². The second-order valence-corrected chi connectivity index (χ2v) is 6.45. The molecule has 0 saturated carbocycles. The van der Waals surface area contributed by atoms with Gasteiger partial charge in [-0.3, -0.25) is 9.59 Å². The molecule has 0 aliphatic rings. The molecule has 0 aromatic heterocycles. The summed E-state index contributed by atoms with van der Waals surface area (Å²) in [7, 11) is 1.34. The summed E-state index contributed by atoms with van der Waals surface area (Å²) in [5, 5.41) is 2.91. The van der Waals surface area contributed by atoms with Crippen molar-refractivity contribution in [3.8, 4) is 5.75 Å². The lowest BCUT2D eigenvalue weighted by molar-refractivity contribution is -0.141. The van der Waals surface area contributed by atoms with E-state index < -0.39 is 6.04 Å². The van der Waals surface area contributed by atoms with Crippen LogP contribution < -0.4 is 10.1 Å². The van der Waals surface area contributed by atoms with E-state index in [9.17, 15) is 9.59 Å². The molecule has 26 heavy (non-hydrogen) atoms. The molecule has 1 amide bonds. The van der Waals surface area contributed by atoms with Crippen LogP contribution in [0.5, 0.6) is 5.75 Å². The number of rotatable bonds is 8. The summed E-state index contributed by atoms with van der Waals surface area (Å²) in [5.41, 5.74) is 1.33. The molecule has 2 rings (SSSR count). The number of hydrogen-bond donors (Lipinski definition) is 1. The summed E-state index contributed by atoms with van der Waals surface area (Å²) in [6.07, 6.45) is 0.0653. The van der Waals surface area contributed by atoms with Crippen LogP contribution in [-0.2, 0) is 9.53 Å². The van der Waals surface area contributed by atoms with Crippen LogP contribution in [0.2, 0.25) is 0 Å². The van der Waals surface area contributed by atoms with Gasteiger partial charge in [0.2, 0.25) is 0 Å². The minimum Gasteiger partial charge on any atom is -0.493 e. The van der Waals surface area contributed by atoms with E-state index in [4.69, 9.17) is 9.47 Å². The van der Waals surface area contributed by atoms with Gasteiger partial charge in [0.1, 0.15) is 5.75 Å². The predicted octanol–water partition coefficient (Wildman–Crippen LogP) is 3.76. The molecule has 0 aliphatic carbocycles. The molecule has 5 heteroatoms. The lowest BCUT2D eigenvalue weighted by atomic mass is 10.0. The summed E-state index contributed by atoms with van der Waals surface area (Å²) in [4.78, 5) is 24.4. The van der Waals surface area contributed by atoms with Crippen LogP contribution >= 0.6 is 0 Å². The van der Waals surface area contributed by atoms with Crippen molar-refractivity contribution in [2.24, 2.45) is 5.92 Å². The first-order valence-electron chi connectivity index (χ1n) is 8.65. The number of ether oxygens (including phenoxy) is 2. The van der Waals surface area contributed by atoms with E-state index in [1.807, 2.05) is 36.4 Å². The van der Waals surface area contributed by atoms with Crippen LogP contribution in [0, 0.1) is 5.92 Å². The Bertz CT molecular complexity index is 728. The smallest absolute Gasteiger partial charge is 0.307 e. The molecule has 0 heterocycles. The third-order valence-electron chi connectivity index (χ3n) is 3.79. The van der Waals surface area contributed by atoms with Crippen LogP contribution in [0.25, 0.3) is 0 Å². The molecule has 0 spiro atoms. The number of carbonyl (C=O) groups excluding carboxylic acids is 2. The van der Waals surface area contributed by atoms with Gasteiger partial charge in [-0.25, -0.2) is 0 Å². The largest absolute Gasteiger partial charge is 0.493 e. The highest BCUT2D eigenvalue weighted by molar-refractivity contribution is 5.95. The predicted molar refractivity (Wildman–Crippen MR) is 100 cm³/mol. The lowest BCUT2D eigenvalue weighted by Crippen LogP contribution is -2.30. The number of hydrogen-bond acceptors (Lipinski definition) is 4. The van der Waals surface area contributed by atoms with Gasteiger partial charge >= 0.3 is 5.97 Å². The van der Waals surface area contributed by atoms with Crippen molar-refractivity contribution < 1.29 is 19.1 Å². The van der Waals surface area contributed by atoms with Gasteiger partial charge < -0.3 is 14.8 Å². The van der Waals surface area contributed by atoms with Gasteiger partial charge in [0.25, 0.3) is 5.91 Å². The van der Waals surface area contributed by atoms with Crippen molar-refractivity contribution in [1.82, 2.24) is 5.32 Å². The molecular weight excluding hydrogens is 330 g/mol. The first-order valence-corrected chi connectivity index (χ1v) is 8.65. The molecule has 5 nitrogen and oxygen atoms in total. The zero-order valence-electron chi connectivity index (χ0n) is 15.4. The molecule has 0 bridgehead atoms. The molecule has 0 fully saturated rings. The maximum Gasteiger partial charge on any atom is 0.307 e. The Morgan fingerprint density at radius 3 is 2.42 bits per heavy atom. The highest BCUT2D eigenvalue weighted by Crippen LogP contribution is 2.19. The fourth-order valence-electron chi connectivity index (χ4n) is 2.42. The average molecular weight is 355 g/mol. The number of amides is 1. The summed E-state index contributed by atoms with van der Waals surface area (Å²) < 4.78 is 10.4. The van der Waals surface area contributed by atoms with E-state index in [1.54, 1.807) is 18.2 Å². The average Bonchev–Trinajstić information content (AvgIpc) is 2.66. The van der Waals surface area contributed by atoms with Crippen molar-refractivity contribution in [2.45, 2.75) is 26.3 Å². The van der Waals surface area contributed by atoms with Crippen LogP contribution in [-0.4, -0.2) is 25.6 Å². The quantitative estimate of drug-likeness (QED) is 0.733. The van der Waals surface area contributed by atoms with Crippen molar-refractivity contribution in [1.29, 1.82) is 0 Å². The molecule has 1 atom stereocenters. The Hall–Kier alpha value is -2.82. The topological polar surface area (TPSA) is 64.6 Å². The number of methoxy groups -OCH3 is 1. The molecule has 0 aliphatic heterocycles. The number of esters is 1. The van der Waals surface area contributed by atoms with Crippen molar-refractivity contribution in [3.63, 3.8) is 0 Å². The minimum atomic E-state index is -0.462. The number of benzene rings is 2. The summed E-state index contributed by atoms with van der Waals surface area (Å²) >= 11 is 0. The fourth-order valence-corrected chi connectivity index (χ4v) is 2.42. The van der Waals surface area contributed by atoms with Crippen LogP contribution in [0.1, 0.15) is 42.2 Å². The van der Waals surface area contributed by atoms with Crippen LogP contribution in [0.3, 0.4) is 0 Å². The molecule has 1 unspecified atom stereocenters.